The predicted molar refractivity (Wildman–Crippen MR) is 180 cm³/mol. The molecule has 5 fully saturated rings. The highest BCUT2D eigenvalue weighted by atomic mass is 16.7. The molecule has 266 valence electrons. The van der Waals surface area contributed by atoms with Crippen LogP contribution in [0.25, 0.3) is 0 Å². The van der Waals surface area contributed by atoms with E-state index in [1.54, 1.807) is 5.01 Å². The van der Waals surface area contributed by atoms with E-state index in [0.29, 0.717) is 36.6 Å². The van der Waals surface area contributed by atoms with Crippen LogP contribution < -0.4 is 0 Å². The number of carboxylic acids is 1. The summed E-state index contributed by atoms with van der Waals surface area (Å²) in [6.07, 6.45) is 14.7. The van der Waals surface area contributed by atoms with Crippen LogP contribution in [0.15, 0.2) is 34.1 Å². The van der Waals surface area contributed by atoms with Crippen LogP contribution in [0, 0.1) is 34.5 Å². The molecule has 0 aromatic heterocycles. The summed E-state index contributed by atoms with van der Waals surface area (Å²) in [6, 6.07) is 0. The summed E-state index contributed by atoms with van der Waals surface area (Å²) in [7, 11) is 3.77. The molecular formula is C37H55N3O8. The van der Waals surface area contributed by atoms with Crippen molar-refractivity contribution in [3.8, 4) is 0 Å². The third-order valence-corrected chi connectivity index (χ3v) is 12.5. The van der Waals surface area contributed by atoms with Gasteiger partial charge in [0.15, 0.2) is 6.29 Å². The first-order chi connectivity index (χ1) is 22.9. The van der Waals surface area contributed by atoms with E-state index in [0.717, 1.165) is 32.1 Å². The number of rotatable bonds is 11. The number of aliphatic hydroxyl groups is 1. The number of hydrazone groups is 1. The average Bonchev–Trinajstić information content (AvgIpc) is 3.54. The van der Waals surface area contributed by atoms with Crippen LogP contribution in [0.2, 0.25) is 0 Å². The zero-order valence-electron chi connectivity index (χ0n) is 29.4. The minimum Gasteiger partial charge on any atom is -0.481 e. The van der Waals surface area contributed by atoms with Crippen molar-refractivity contribution in [3.63, 3.8) is 0 Å². The Balaban J connectivity index is 1.33. The molecule has 6 rings (SSSR count). The molecule has 11 heteroatoms. The highest BCUT2D eigenvalue weighted by Gasteiger charge is 2.75. The highest BCUT2D eigenvalue weighted by Crippen LogP contribution is 2.70. The van der Waals surface area contributed by atoms with Gasteiger partial charge in [-0.05, 0) is 68.9 Å². The lowest BCUT2D eigenvalue weighted by Crippen LogP contribution is -2.64. The van der Waals surface area contributed by atoms with E-state index in [2.05, 4.69) is 31.2 Å². The van der Waals surface area contributed by atoms with Gasteiger partial charge >= 0.3 is 11.9 Å². The predicted octanol–water partition coefficient (Wildman–Crippen LogP) is 5.47. The molecule has 9 atom stereocenters. The Morgan fingerprint density at radius 1 is 1.12 bits per heavy atom. The first-order valence-corrected chi connectivity index (χ1v) is 18.2. The van der Waals surface area contributed by atoms with Crippen LogP contribution in [0.1, 0.15) is 97.8 Å². The molecule has 1 aliphatic heterocycles. The molecule has 1 saturated heterocycles. The number of esters is 1. The largest absolute Gasteiger partial charge is 0.481 e. The highest BCUT2D eigenvalue weighted by molar-refractivity contribution is 6.05. The molecule has 0 amide bonds. The molecule has 2 N–H and O–H groups in total. The number of fused-ring (bicyclic) bond motifs is 7. The fourth-order valence-electron chi connectivity index (χ4n) is 10.4. The monoisotopic (exact) mass is 669 g/mol. The van der Waals surface area contributed by atoms with Crippen LogP contribution in [0.5, 0.6) is 0 Å². The van der Waals surface area contributed by atoms with Crippen LogP contribution >= 0.6 is 0 Å². The van der Waals surface area contributed by atoms with Crippen molar-refractivity contribution in [1.82, 2.24) is 5.01 Å². The molecule has 4 saturated carbocycles. The molecule has 1 heterocycles. The number of aliphatic carboxylic acids is 1. The number of oxime groups is 1. The van der Waals surface area contributed by atoms with Crippen LogP contribution in [-0.2, 0) is 28.6 Å². The van der Waals surface area contributed by atoms with Crippen molar-refractivity contribution < 1.29 is 38.9 Å². The summed E-state index contributed by atoms with van der Waals surface area (Å²) in [5, 5.41) is 32.2. The Kier molecular flexibility index (Phi) is 10.1. The van der Waals surface area contributed by atoms with Crippen LogP contribution in [0.3, 0.4) is 0 Å². The van der Waals surface area contributed by atoms with Gasteiger partial charge in [-0.15, -0.1) is 0 Å². The number of aliphatic hydroxyl groups excluding tert-OH is 1. The quantitative estimate of drug-likeness (QED) is 0.127. The summed E-state index contributed by atoms with van der Waals surface area (Å²) < 4.78 is 20.2. The zero-order valence-corrected chi connectivity index (χ0v) is 29.4. The maximum absolute atomic E-state index is 12.7. The van der Waals surface area contributed by atoms with Gasteiger partial charge in [0.1, 0.15) is 30.2 Å². The van der Waals surface area contributed by atoms with E-state index in [9.17, 15) is 14.7 Å². The first kappa shape index (κ1) is 35.1. The number of hydrogen-bond acceptors (Lipinski definition) is 10. The van der Waals surface area contributed by atoms with Gasteiger partial charge in [0, 0.05) is 43.2 Å². The number of nitrogens with zero attached hydrogens (tertiary/aromatic N) is 3. The Hall–Kier alpha value is -2.76. The summed E-state index contributed by atoms with van der Waals surface area (Å²) in [5.74, 6) is -0.465. The van der Waals surface area contributed by atoms with Gasteiger partial charge in [0.25, 0.3) is 0 Å². The molecule has 0 aromatic carbocycles. The smallest absolute Gasteiger partial charge is 0.306 e. The summed E-state index contributed by atoms with van der Waals surface area (Å²) in [5.41, 5.74) is 0.749. The Morgan fingerprint density at radius 3 is 2.60 bits per heavy atom. The van der Waals surface area contributed by atoms with Gasteiger partial charge in [-0.25, -0.2) is 0 Å². The number of carbonyl (C=O) groups is 2. The minimum atomic E-state index is -0.935. The van der Waals surface area contributed by atoms with E-state index < -0.39 is 23.1 Å². The SMILES string of the molecule is CCCC(=O)OCC(=NN(C)C)[C@@]12OC(C3CCCCC3)O[C@@H]1C[C@H]1[C@@H]3CCC4=C/C(=N\OCCC(=O)O)C=C[C@]4(C)[C@H]3[C@@H](O)C[C@@]12C. The normalized spacial score (nSPS) is 40.0. The van der Waals surface area contributed by atoms with Gasteiger partial charge in [0.05, 0.1) is 18.6 Å². The van der Waals surface area contributed by atoms with Gasteiger partial charge in [0.2, 0.25) is 0 Å². The van der Waals surface area contributed by atoms with Crippen molar-refractivity contribution in [3.05, 3.63) is 23.8 Å². The fourth-order valence-corrected chi connectivity index (χ4v) is 10.4. The van der Waals surface area contributed by atoms with E-state index >= 15 is 0 Å². The lowest BCUT2D eigenvalue weighted by Gasteiger charge is -2.60. The van der Waals surface area contributed by atoms with Gasteiger partial charge < -0.3 is 34.3 Å². The molecule has 1 unspecified atom stereocenters. The van der Waals surface area contributed by atoms with Crippen molar-refractivity contribution in [1.29, 1.82) is 0 Å². The molecule has 5 aliphatic carbocycles. The Morgan fingerprint density at radius 2 is 1.90 bits per heavy atom. The maximum atomic E-state index is 12.7. The molecular weight excluding hydrogens is 614 g/mol. The average molecular weight is 670 g/mol. The van der Waals surface area contributed by atoms with Crippen molar-refractivity contribution in [2.24, 2.45) is 44.8 Å². The van der Waals surface area contributed by atoms with Crippen molar-refractivity contribution >= 4 is 23.4 Å². The number of carboxylic acid groups (broad SMARTS) is 1. The molecule has 11 nitrogen and oxygen atoms in total. The van der Waals surface area contributed by atoms with Gasteiger partial charge in [-0.2, -0.15) is 5.10 Å². The van der Waals surface area contributed by atoms with E-state index in [4.69, 9.17) is 29.3 Å². The molecule has 0 spiro atoms. The summed E-state index contributed by atoms with van der Waals surface area (Å²) >= 11 is 0. The van der Waals surface area contributed by atoms with E-state index in [-0.39, 0.29) is 61.2 Å². The topological polar surface area (TPSA) is 139 Å². The number of ether oxygens (including phenoxy) is 3. The summed E-state index contributed by atoms with van der Waals surface area (Å²) in [4.78, 5) is 28.8. The Bertz CT molecular complexity index is 1350. The van der Waals surface area contributed by atoms with E-state index in [1.165, 1.54) is 24.8 Å². The number of allylic oxidation sites excluding steroid dienone is 4. The molecule has 0 aromatic rings. The Labute approximate surface area is 284 Å². The van der Waals surface area contributed by atoms with Crippen molar-refractivity contribution in [2.75, 3.05) is 27.3 Å². The first-order valence-electron chi connectivity index (χ1n) is 18.2. The van der Waals surface area contributed by atoms with Crippen LogP contribution in [0.4, 0.5) is 0 Å². The van der Waals surface area contributed by atoms with Gasteiger partial charge in [-0.3, -0.25) is 9.59 Å². The maximum Gasteiger partial charge on any atom is 0.306 e. The number of hydrogen-bond donors (Lipinski definition) is 2. The third-order valence-electron chi connectivity index (χ3n) is 12.5. The second kappa shape index (κ2) is 13.9. The molecule has 0 bridgehead atoms. The lowest BCUT2D eigenvalue weighted by molar-refractivity contribution is -0.190. The van der Waals surface area contributed by atoms with Gasteiger partial charge in [-0.1, -0.05) is 56.8 Å². The molecule has 6 aliphatic rings. The van der Waals surface area contributed by atoms with Crippen molar-refractivity contribution in [2.45, 2.75) is 122 Å². The standard InChI is InChI=1S/C37H55N3O8/c1-6-10-32(44)45-22-29(38-40(4)5)37-30(47-34(48-37)23-11-8-7-9-12-23)20-27-26-14-13-24-19-25(39-46-18-16-31(42)43)15-17-35(24,2)33(26)28(41)21-36(27,37)3/h15,17,19,23,26-28,30,33-34,41H,6-14,16,18,20-22H2,1-5H3,(H,42,43)/b38-29?,39-25-/t26-,27-,28-,30+,33+,34?,35-,36-,37+/m0/s1. The molecule has 0 radical (unpaired) electrons. The lowest BCUT2D eigenvalue weighted by atomic mass is 9.46. The minimum absolute atomic E-state index is 0.0112. The fraction of sp³-hybridized carbons (Fsp3) is 0.784. The number of carbonyl (C=O) groups excluding carboxylic acids is 1. The third kappa shape index (κ3) is 6.12. The molecule has 48 heavy (non-hydrogen) atoms. The van der Waals surface area contributed by atoms with Crippen LogP contribution in [-0.4, -0.2) is 90.0 Å². The zero-order chi connectivity index (χ0) is 34.3. The second-order valence-electron chi connectivity index (χ2n) is 15.6. The van der Waals surface area contributed by atoms with E-state index in [1.807, 2.05) is 27.1 Å². The second-order valence-corrected chi connectivity index (χ2v) is 15.6. The summed E-state index contributed by atoms with van der Waals surface area (Å²) in [6.45, 7) is 6.51.